The Balaban J connectivity index is 2.93. The number of methoxy groups -OCH3 is 2. The van der Waals surface area contributed by atoms with Crippen LogP contribution in [-0.2, 0) is 12.8 Å². The van der Waals surface area contributed by atoms with Gasteiger partial charge in [-0.1, -0.05) is 0 Å². The van der Waals surface area contributed by atoms with E-state index in [-0.39, 0.29) is 18.9 Å². The molecule has 21 heavy (non-hydrogen) atoms. The Kier molecular flexibility index (Phi) is 6.33. The van der Waals surface area contributed by atoms with Crippen molar-refractivity contribution in [3.05, 3.63) is 23.3 Å². The first kappa shape index (κ1) is 17.6. The van der Waals surface area contributed by atoms with Gasteiger partial charge in [-0.05, 0) is 49.4 Å². The summed E-state index contributed by atoms with van der Waals surface area (Å²) in [5.41, 5.74) is 7.39. The molecule has 3 nitrogen and oxygen atoms in total. The van der Waals surface area contributed by atoms with E-state index in [0.29, 0.717) is 23.5 Å². The molecule has 1 rings (SSSR count). The molecule has 0 heterocycles. The standard InChI is InChI=1S/C15H22F3NO2/c1-10(19)7-12-9-13(20-2)11(8-14(12)21-3)5-4-6-15(16,17)18/h8-10H,4-7,19H2,1-3H3. The summed E-state index contributed by atoms with van der Waals surface area (Å²) in [6.45, 7) is 1.88. The third-order valence-electron chi connectivity index (χ3n) is 3.13. The van der Waals surface area contributed by atoms with Crippen LogP contribution < -0.4 is 15.2 Å². The van der Waals surface area contributed by atoms with Crippen LogP contribution >= 0.6 is 0 Å². The van der Waals surface area contributed by atoms with E-state index in [4.69, 9.17) is 15.2 Å². The predicted molar refractivity (Wildman–Crippen MR) is 75.9 cm³/mol. The molecule has 0 aliphatic rings. The average molecular weight is 305 g/mol. The Morgan fingerprint density at radius 3 is 2.10 bits per heavy atom. The molecule has 0 fully saturated rings. The number of ether oxygens (including phenoxy) is 2. The molecule has 1 atom stereocenters. The van der Waals surface area contributed by atoms with E-state index in [9.17, 15) is 13.2 Å². The molecule has 1 aromatic carbocycles. The molecule has 120 valence electrons. The number of rotatable bonds is 7. The van der Waals surface area contributed by atoms with Crippen molar-refractivity contribution in [2.24, 2.45) is 5.73 Å². The van der Waals surface area contributed by atoms with Gasteiger partial charge < -0.3 is 15.2 Å². The van der Waals surface area contributed by atoms with Crippen LogP contribution in [-0.4, -0.2) is 26.4 Å². The zero-order valence-electron chi connectivity index (χ0n) is 12.6. The smallest absolute Gasteiger partial charge is 0.389 e. The van der Waals surface area contributed by atoms with E-state index < -0.39 is 12.6 Å². The number of alkyl halides is 3. The molecular formula is C15H22F3NO2. The molecule has 0 saturated carbocycles. The molecule has 0 radical (unpaired) electrons. The Labute approximate surface area is 123 Å². The van der Waals surface area contributed by atoms with E-state index in [1.807, 2.05) is 6.92 Å². The van der Waals surface area contributed by atoms with Crippen LogP contribution in [0.15, 0.2) is 12.1 Å². The van der Waals surface area contributed by atoms with Crippen molar-refractivity contribution in [1.29, 1.82) is 0 Å². The second-order valence-electron chi connectivity index (χ2n) is 5.13. The van der Waals surface area contributed by atoms with Crippen molar-refractivity contribution < 1.29 is 22.6 Å². The molecule has 1 unspecified atom stereocenters. The lowest BCUT2D eigenvalue weighted by Crippen LogP contribution is -2.18. The zero-order valence-corrected chi connectivity index (χ0v) is 12.6. The van der Waals surface area contributed by atoms with Crippen LogP contribution in [0.2, 0.25) is 0 Å². The highest BCUT2D eigenvalue weighted by Gasteiger charge is 2.26. The van der Waals surface area contributed by atoms with Gasteiger partial charge in [0.2, 0.25) is 0 Å². The molecule has 0 spiro atoms. The highest BCUT2D eigenvalue weighted by molar-refractivity contribution is 5.47. The summed E-state index contributed by atoms with van der Waals surface area (Å²) in [4.78, 5) is 0. The van der Waals surface area contributed by atoms with Crippen molar-refractivity contribution in [2.75, 3.05) is 14.2 Å². The topological polar surface area (TPSA) is 44.5 Å². The van der Waals surface area contributed by atoms with Crippen molar-refractivity contribution in [3.8, 4) is 11.5 Å². The monoisotopic (exact) mass is 305 g/mol. The Morgan fingerprint density at radius 2 is 1.62 bits per heavy atom. The fourth-order valence-electron chi connectivity index (χ4n) is 2.21. The first-order chi connectivity index (χ1) is 9.76. The fourth-order valence-corrected chi connectivity index (χ4v) is 2.21. The summed E-state index contributed by atoms with van der Waals surface area (Å²) >= 11 is 0. The van der Waals surface area contributed by atoms with Crippen molar-refractivity contribution in [2.45, 2.75) is 44.8 Å². The largest absolute Gasteiger partial charge is 0.496 e. The molecule has 0 aliphatic carbocycles. The lowest BCUT2D eigenvalue weighted by Gasteiger charge is -2.16. The summed E-state index contributed by atoms with van der Waals surface area (Å²) in [6.07, 6.45) is -4.01. The van der Waals surface area contributed by atoms with Crippen LogP contribution in [0, 0.1) is 0 Å². The predicted octanol–water partition coefficient (Wildman–Crippen LogP) is 3.48. The maximum absolute atomic E-state index is 12.2. The fraction of sp³-hybridized carbons (Fsp3) is 0.600. The lowest BCUT2D eigenvalue weighted by atomic mass is 10.00. The first-order valence-corrected chi connectivity index (χ1v) is 6.83. The van der Waals surface area contributed by atoms with Gasteiger partial charge in [-0.3, -0.25) is 0 Å². The molecular weight excluding hydrogens is 283 g/mol. The average Bonchev–Trinajstić information content (AvgIpc) is 2.37. The zero-order chi connectivity index (χ0) is 16.0. The van der Waals surface area contributed by atoms with Crippen LogP contribution in [0.25, 0.3) is 0 Å². The Hall–Kier alpha value is -1.43. The van der Waals surface area contributed by atoms with Crippen LogP contribution in [0.4, 0.5) is 13.2 Å². The SMILES string of the molecule is COc1cc(CC(C)N)c(OC)cc1CCCC(F)(F)F. The van der Waals surface area contributed by atoms with Gasteiger partial charge in [-0.25, -0.2) is 0 Å². The van der Waals surface area contributed by atoms with Gasteiger partial charge in [0.25, 0.3) is 0 Å². The van der Waals surface area contributed by atoms with E-state index in [2.05, 4.69) is 0 Å². The minimum absolute atomic E-state index is 0.0235. The summed E-state index contributed by atoms with van der Waals surface area (Å²) < 4.78 is 47.2. The number of aryl methyl sites for hydroxylation is 1. The molecule has 0 aliphatic heterocycles. The normalized spacial score (nSPS) is 13.1. The highest BCUT2D eigenvalue weighted by atomic mass is 19.4. The summed E-state index contributed by atoms with van der Waals surface area (Å²) in [6, 6.07) is 3.50. The number of hydrogen-bond acceptors (Lipinski definition) is 3. The van der Waals surface area contributed by atoms with Crippen LogP contribution in [0.3, 0.4) is 0 Å². The Morgan fingerprint density at radius 1 is 1.10 bits per heavy atom. The minimum Gasteiger partial charge on any atom is -0.496 e. The van der Waals surface area contributed by atoms with Crippen LogP contribution in [0.5, 0.6) is 11.5 Å². The van der Waals surface area contributed by atoms with Gasteiger partial charge in [0.05, 0.1) is 14.2 Å². The molecule has 0 amide bonds. The molecule has 0 bridgehead atoms. The van der Waals surface area contributed by atoms with Crippen molar-refractivity contribution in [1.82, 2.24) is 0 Å². The van der Waals surface area contributed by atoms with Crippen molar-refractivity contribution in [3.63, 3.8) is 0 Å². The molecule has 0 aromatic heterocycles. The number of halogens is 3. The van der Waals surface area contributed by atoms with Gasteiger partial charge in [0.15, 0.2) is 0 Å². The maximum atomic E-state index is 12.2. The second-order valence-corrected chi connectivity index (χ2v) is 5.13. The van der Waals surface area contributed by atoms with Gasteiger partial charge in [-0.2, -0.15) is 13.2 Å². The quantitative estimate of drug-likeness (QED) is 0.839. The summed E-state index contributed by atoms with van der Waals surface area (Å²) in [5, 5.41) is 0. The lowest BCUT2D eigenvalue weighted by molar-refractivity contribution is -0.135. The number of benzene rings is 1. The molecule has 1 aromatic rings. The number of nitrogens with two attached hydrogens (primary N) is 1. The highest BCUT2D eigenvalue weighted by Crippen LogP contribution is 2.32. The minimum atomic E-state index is -4.13. The van der Waals surface area contributed by atoms with Gasteiger partial charge >= 0.3 is 6.18 Å². The molecule has 2 N–H and O–H groups in total. The first-order valence-electron chi connectivity index (χ1n) is 6.83. The van der Waals surface area contributed by atoms with E-state index in [1.54, 1.807) is 12.1 Å². The third kappa shape index (κ3) is 5.83. The van der Waals surface area contributed by atoms with E-state index in [0.717, 1.165) is 5.56 Å². The maximum Gasteiger partial charge on any atom is 0.389 e. The summed E-state index contributed by atoms with van der Waals surface area (Å²) in [7, 11) is 3.04. The summed E-state index contributed by atoms with van der Waals surface area (Å²) in [5.74, 6) is 1.21. The molecule has 0 saturated heterocycles. The Bertz CT molecular complexity index is 459. The van der Waals surface area contributed by atoms with Crippen molar-refractivity contribution >= 4 is 0 Å². The van der Waals surface area contributed by atoms with E-state index in [1.165, 1.54) is 14.2 Å². The van der Waals surface area contributed by atoms with Gasteiger partial charge in [0, 0.05) is 12.5 Å². The van der Waals surface area contributed by atoms with Gasteiger partial charge in [-0.15, -0.1) is 0 Å². The van der Waals surface area contributed by atoms with Crippen LogP contribution in [0.1, 0.15) is 30.9 Å². The second kappa shape index (κ2) is 7.54. The number of hydrogen-bond donors (Lipinski definition) is 1. The third-order valence-corrected chi connectivity index (χ3v) is 3.13. The van der Waals surface area contributed by atoms with E-state index >= 15 is 0 Å². The van der Waals surface area contributed by atoms with Gasteiger partial charge in [0.1, 0.15) is 11.5 Å². The molecule has 6 heteroatoms.